The molecular formula is C12H10N4O. The molecule has 17 heavy (non-hydrogen) atoms. The Hall–Kier alpha value is -2.17. The van der Waals surface area contributed by atoms with E-state index in [1.807, 2.05) is 0 Å². The molecular weight excluding hydrogens is 216 g/mol. The molecule has 3 rings (SSSR count). The minimum absolute atomic E-state index is 0.136. The quantitative estimate of drug-likeness (QED) is 0.736. The van der Waals surface area contributed by atoms with Crippen molar-refractivity contribution in [1.29, 1.82) is 0 Å². The number of ketones is 1. The highest BCUT2D eigenvalue weighted by Crippen LogP contribution is 2.20. The van der Waals surface area contributed by atoms with Gasteiger partial charge < -0.3 is 0 Å². The van der Waals surface area contributed by atoms with Crippen molar-refractivity contribution in [3.63, 3.8) is 0 Å². The van der Waals surface area contributed by atoms with Gasteiger partial charge in [0, 0.05) is 25.0 Å². The minimum Gasteiger partial charge on any atom is -0.294 e. The molecule has 0 atom stereocenters. The zero-order chi connectivity index (χ0) is 11.7. The monoisotopic (exact) mass is 226 g/mol. The van der Waals surface area contributed by atoms with Crippen molar-refractivity contribution >= 4 is 5.78 Å². The van der Waals surface area contributed by atoms with Crippen LogP contribution < -0.4 is 0 Å². The summed E-state index contributed by atoms with van der Waals surface area (Å²) >= 11 is 0. The van der Waals surface area contributed by atoms with Crippen LogP contribution >= 0.6 is 0 Å². The molecule has 1 aliphatic rings. The largest absolute Gasteiger partial charge is 0.294 e. The highest BCUT2D eigenvalue weighted by molar-refractivity contribution is 5.97. The number of Topliss-reactive ketones (excluding diaryl/α,β-unsaturated/α-hetero) is 1. The molecule has 0 fully saturated rings. The third-order valence-corrected chi connectivity index (χ3v) is 2.78. The minimum atomic E-state index is 0.136. The standard InChI is InChI=1S/C12H10N4O/c17-11-3-1-2-9-8(11)6-15-12(16-9)10-7-13-4-5-14-10/h4-7H,1-3H2. The number of rotatable bonds is 1. The molecule has 0 spiro atoms. The smallest absolute Gasteiger partial charge is 0.180 e. The summed E-state index contributed by atoms with van der Waals surface area (Å²) in [5.74, 6) is 0.670. The number of aromatic nitrogens is 4. The van der Waals surface area contributed by atoms with Crippen molar-refractivity contribution in [3.05, 3.63) is 36.0 Å². The first-order valence-electron chi connectivity index (χ1n) is 5.50. The highest BCUT2D eigenvalue weighted by atomic mass is 16.1. The molecule has 0 saturated heterocycles. The molecule has 5 nitrogen and oxygen atoms in total. The maximum atomic E-state index is 11.6. The van der Waals surface area contributed by atoms with Gasteiger partial charge in [-0.25, -0.2) is 15.0 Å². The van der Waals surface area contributed by atoms with Crippen molar-refractivity contribution in [2.75, 3.05) is 0 Å². The molecule has 0 radical (unpaired) electrons. The van der Waals surface area contributed by atoms with E-state index in [2.05, 4.69) is 19.9 Å². The van der Waals surface area contributed by atoms with Crippen LogP contribution in [-0.2, 0) is 6.42 Å². The predicted molar refractivity (Wildman–Crippen MR) is 60.3 cm³/mol. The topological polar surface area (TPSA) is 68.6 Å². The zero-order valence-corrected chi connectivity index (χ0v) is 9.13. The van der Waals surface area contributed by atoms with Crippen LogP contribution in [-0.4, -0.2) is 25.7 Å². The molecule has 0 saturated carbocycles. The predicted octanol–water partition coefficient (Wildman–Crippen LogP) is 1.45. The second-order valence-electron chi connectivity index (χ2n) is 3.92. The summed E-state index contributed by atoms with van der Waals surface area (Å²) in [6.07, 6.45) is 8.72. The maximum Gasteiger partial charge on any atom is 0.180 e. The van der Waals surface area contributed by atoms with E-state index in [-0.39, 0.29) is 5.78 Å². The number of hydrogen-bond acceptors (Lipinski definition) is 5. The number of nitrogens with zero attached hydrogens (tertiary/aromatic N) is 4. The highest BCUT2D eigenvalue weighted by Gasteiger charge is 2.19. The Balaban J connectivity index is 2.07. The van der Waals surface area contributed by atoms with Crippen LogP contribution in [0.1, 0.15) is 28.9 Å². The fourth-order valence-corrected chi connectivity index (χ4v) is 1.93. The van der Waals surface area contributed by atoms with E-state index in [0.717, 1.165) is 18.5 Å². The van der Waals surface area contributed by atoms with Gasteiger partial charge >= 0.3 is 0 Å². The number of carbonyl (C=O) groups excluding carboxylic acids is 1. The third kappa shape index (κ3) is 1.80. The van der Waals surface area contributed by atoms with Gasteiger partial charge in [-0.05, 0) is 12.8 Å². The average Bonchev–Trinajstić information content (AvgIpc) is 2.40. The van der Waals surface area contributed by atoms with Crippen LogP contribution in [0.2, 0.25) is 0 Å². The van der Waals surface area contributed by atoms with E-state index >= 15 is 0 Å². The SMILES string of the molecule is O=C1CCCc2nc(-c3cnccn3)ncc21. The molecule has 2 heterocycles. The normalized spacial score (nSPS) is 14.5. The Morgan fingerprint density at radius 3 is 2.82 bits per heavy atom. The molecule has 5 heteroatoms. The van der Waals surface area contributed by atoms with Crippen LogP contribution in [0.5, 0.6) is 0 Å². The Bertz CT molecular complexity index is 568. The molecule has 2 aromatic rings. The summed E-state index contributed by atoms with van der Waals surface area (Å²) in [5.41, 5.74) is 2.12. The Morgan fingerprint density at radius 1 is 1.06 bits per heavy atom. The van der Waals surface area contributed by atoms with Gasteiger partial charge in [0.1, 0.15) is 5.69 Å². The fourth-order valence-electron chi connectivity index (χ4n) is 1.93. The average molecular weight is 226 g/mol. The van der Waals surface area contributed by atoms with Gasteiger partial charge in [-0.15, -0.1) is 0 Å². The summed E-state index contributed by atoms with van der Waals surface area (Å²) in [7, 11) is 0. The van der Waals surface area contributed by atoms with Gasteiger partial charge in [-0.2, -0.15) is 0 Å². The van der Waals surface area contributed by atoms with Crippen molar-refractivity contribution in [3.8, 4) is 11.5 Å². The maximum absolute atomic E-state index is 11.6. The number of hydrogen-bond donors (Lipinski definition) is 0. The van der Waals surface area contributed by atoms with E-state index < -0.39 is 0 Å². The van der Waals surface area contributed by atoms with Gasteiger partial charge in [0.15, 0.2) is 11.6 Å². The van der Waals surface area contributed by atoms with Crippen molar-refractivity contribution in [1.82, 2.24) is 19.9 Å². The summed E-state index contributed by atoms with van der Waals surface area (Å²) in [6, 6.07) is 0. The Labute approximate surface area is 98.0 Å². The Morgan fingerprint density at radius 2 is 2.00 bits per heavy atom. The molecule has 0 N–H and O–H groups in total. The molecule has 0 unspecified atom stereocenters. The van der Waals surface area contributed by atoms with Gasteiger partial charge in [0.2, 0.25) is 0 Å². The van der Waals surface area contributed by atoms with Gasteiger partial charge in [-0.3, -0.25) is 9.78 Å². The van der Waals surface area contributed by atoms with E-state index in [1.165, 1.54) is 0 Å². The molecule has 84 valence electrons. The molecule has 0 bridgehead atoms. The lowest BCUT2D eigenvalue weighted by Gasteiger charge is -2.13. The second-order valence-corrected chi connectivity index (χ2v) is 3.92. The van der Waals surface area contributed by atoms with Crippen LogP contribution in [0.15, 0.2) is 24.8 Å². The summed E-state index contributed by atoms with van der Waals surface area (Å²) in [6.45, 7) is 0. The Kier molecular flexibility index (Phi) is 2.36. The van der Waals surface area contributed by atoms with Crippen molar-refractivity contribution < 1.29 is 4.79 Å². The lowest BCUT2D eigenvalue weighted by molar-refractivity contribution is 0.0971. The number of carbonyl (C=O) groups is 1. The first-order chi connectivity index (χ1) is 8.34. The molecule has 0 aliphatic heterocycles. The van der Waals surface area contributed by atoms with Crippen LogP contribution in [0.4, 0.5) is 0 Å². The number of aryl methyl sites for hydroxylation is 1. The van der Waals surface area contributed by atoms with Gasteiger partial charge in [0.25, 0.3) is 0 Å². The van der Waals surface area contributed by atoms with E-state index in [0.29, 0.717) is 23.5 Å². The molecule has 2 aromatic heterocycles. The fraction of sp³-hybridized carbons (Fsp3) is 0.250. The van der Waals surface area contributed by atoms with E-state index in [4.69, 9.17) is 0 Å². The van der Waals surface area contributed by atoms with Gasteiger partial charge in [-0.1, -0.05) is 0 Å². The van der Waals surface area contributed by atoms with Gasteiger partial charge in [0.05, 0.1) is 17.5 Å². The van der Waals surface area contributed by atoms with E-state index in [1.54, 1.807) is 24.8 Å². The summed E-state index contributed by atoms with van der Waals surface area (Å²) in [5, 5.41) is 0. The van der Waals surface area contributed by atoms with Crippen molar-refractivity contribution in [2.45, 2.75) is 19.3 Å². The first-order valence-corrected chi connectivity index (χ1v) is 5.50. The zero-order valence-electron chi connectivity index (χ0n) is 9.13. The first kappa shape index (κ1) is 10.0. The lowest BCUT2D eigenvalue weighted by Crippen LogP contribution is -2.14. The van der Waals surface area contributed by atoms with Crippen LogP contribution in [0.25, 0.3) is 11.5 Å². The molecule has 0 amide bonds. The molecule has 0 aromatic carbocycles. The van der Waals surface area contributed by atoms with Crippen molar-refractivity contribution in [2.24, 2.45) is 0 Å². The number of fused-ring (bicyclic) bond motifs is 1. The summed E-state index contributed by atoms with van der Waals surface area (Å²) in [4.78, 5) is 28.3. The van der Waals surface area contributed by atoms with Crippen LogP contribution in [0.3, 0.4) is 0 Å². The lowest BCUT2D eigenvalue weighted by atomic mass is 9.96. The second kappa shape index (κ2) is 4.01. The van der Waals surface area contributed by atoms with E-state index in [9.17, 15) is 4.79 Å². The molecule has 1 aliphatic carbocycles. The third-order valence-electron chi connectivity index (χ3n) is 2.78. The summed E-state index contributed by atoms with van der Waals surface area (Å²) < 4.78 is 0. The van der Waals surface area contributed by atoms with Crippen LogP contribution in [0, 0.1) is 0 Å².